The molecule has 0 aliphatic rings. The summed E-state index contributed by atoms with van der Waals surface area (Å²) in [5.74, 6) is 0. The van der Waals surface area contributed by atoms with Gasteiger partial charge < -0.3 is 5.11 Å². The second-order valence-electron chi connectivity index (χ2n) is 0.0583. The molecule has 0 bridgehead atoms. The van der Waals surface area contributed by atoms with Crippen LogP contribution in [0.2, 0.25) is 0 Å². The zero-order chi connectivity index (χ0) is 4.71. The molecule has 0 saturated heterocycles. The molecular weight excluding hydrogens is 227 g/mol. The van der Waals surface area contributed by atoms with E-state index in [1.54, 1.807) is 0 Å². The Morgan fingerprint density at radius 2 is 1.40 bits per heavy atom. The number of hydrogen-bond donors (Lipinski definition) is 1. The second kappa shape index (κ2) is 18.4. The Labute approximate surface area is 48.8 Å². The van der Waals surface area contributed by atoms with Gasteiger partial charge in [-0.1, -0.05) is 0 Å². The summed E-state index contributed by atoms with van der Waals surface area (Å²) in [6.07, 6.45) is 0. The summed E-state index contributed by atoms with van der Waals surface area (Å²) in [4.78, 5) is 0. The third-order valence-electron chi connectivity index (χ3n) is 0. The van der Waals surface area contributed by atoms with Gasteiger partial charge in [-0.25, -0.2) is 0 Å². The van der Waals surface area contributed by atoms with Crippen LogP contribution < -0.4 is 0 Å². The zero-order valence-electron chi connectivity index (χ0n) is 2.61. The van der Waals surface area contributed by atoms with Gasteiger partial charge in [0.1, 0.15) is 0 Å². The van der Waals surface area contributed by atoms with E-state index in [0.29, 0.717) is 0 Å². The van der Waals surface area contributed by atoms with Gasteiger partial charge in [0, 0.05) is 7.11 Å². The number of aliphatic hydroxyl groups is 1. The van der Waals surface area contributed by atoms with Gasteiger partial charge in [-0.2, -0.15) is 0 Å². The van der Waals surface area contributed by atoms with Crippen molar-refractivity contribution in [2.24, 2.45) is 0 Å². The van der Waals surface area contributed by atoms with E-state index in [9.17, 15) is 0 Å². The first-order valence-electron chi connectivity index (χ1n) is 0.756. The molecule has 0 aromatic rings. The molecule has 5 heavy (non-hydrogen) atoms. The minimum atomic E-state index is -0.586. The molecular formula is CH4Cl2OTe. The van der Waals surface area contributed by atoms with Crippen molar-refractivity contribution in [2.75, 3.05) is 7.11 Å². The van der Waals surface area contributed by atoms with Crippen LogP contribution in [0.3, 0.4) is 0 Å². The van der Waals surface area contributed by atoms with Gasteiger partial charge in [0.2, 0.25) is 0 Å². The van der Waals surface area contributed by atoms with Gasteiger partial charge in [-0.15, -0.1) is 0 Å². The van der Waals surface area contributed by atoms with Crippen LogP contribution in [0, 0.1) is 0 Å². The predicted octanol–water partition coefficient (Wildman–Crippen LogP) is 0.607. The monoisotopic (exact) mass is 232 g/mol. The summed E-state index contributed by atoms with van der Waals surface area (Å²) in [6, 6.07) is 0. The van der Waals surface area contributed by atoms with E-state index in [-0.39, 0.29) is 0 Å². The van der Waals surface area contributed by atoms with Gasteiger partial charge in [0.15, 0.2) is 0 Å². The normalized spacial score (nSPS) is 4.80. The van der Waals surface area contributed by atoms with Crippen LogP contribution in [-0.4, -0.2) is 30.9 Å². The van der Waals surface area contributed by atoms with Gasteiger partial charge >= 0.3 is 36.6 Å². The van der Waals surface area contributed by atoms with Crippen LogP contribution in [0.5, 0.6) is 0 Å². The molecule has 0 aromatic heterocycles. The molecule has 4 heteroatoms. The number of aliphatic hydroxyl groups excluding tert-OH is 1. The summed E-state index contributed by atoms with van der Waals surface area (Å²) in [6.45, 7) is 0. The summed E-state index contributed by atoms with van der Waals surface area (Å²) >= 11 is -0.586. The molecule has 0 radical (unpaired) electrons. The molecule has 34 valence electrons. The third kappa shape index (κ3) is 33.4. The first-order valence-corrected chi connectivity index (χ1v) is 6.66. The van der Waals surface area contributed by atoms with Crippen LogP contribution in [0.25, 0.3) is 0 Å². The Hall–Kier alpha value is 1.33. The molecule has 0 spiro atoms. The molecule has 0 amide bonds. The predicted molar refractivity (Wildman–Crippen MR) is 25.6 cm³/mol. The fraction of sp³-hybridized carbons (Fsp3) is 1.00. The maximum absolute atomic E-state index is 7.00. The molecule has 0 aliphatic carbocycles. The molecule has 0 heterocycles. The van der Waals surface area contributed by atoms with Crippen molar-refractivity contribution in [3.63, 3.8) is 0 Å². The Morgan fingerprint density at radius 1 is 1.40 bits per heavy atom. The van der Waals surface area contributed by atoms with Crippen LogP contribution >= 0.6 is 17.9 Å². The molecule has 0 unspecified atom stereocenters. The summed E-state index contributed by atoms with van der Waals surface area (Å²) < 4.78 is 0. The average molecular weight is 231 g/mol. The Bertz CT molecular complexity index is 9.61. The maximum atomic E-state index is 7.00. The number of hydrogen-bond acceptors (Lipinski definition) is 1. The Morgan fingerprint density at radius 3 is 1.40 bits per heavy atom. The van der Waals surface area contributed by atoms with Crippen LogP contribution in [-0.2, 0) is 0 Å². The number of rotatable bonds is 0. The van der Waals surface area contributed by atoms with E-state index in [4.69, 9.17) is 23.0 Å². The number of halogens is 2. The SMILES string of the molecule is CO.Cl[Te]Cl. The van der Waals surface area contributed by atoms with E-state index in [1.165, 1.54) is 0 Å². The fourth-order valence-corrected chi connectivity index (χ4v) is 0. The van der Waals surface area contributed by atoms with Crippen LogP contribution in [0.4, 0.5) is 0 Å². The summed E-state index contributed by atoms with van der Waals surface area (Å²) in [5.41, 5.74) is 0. The van der Waals surface area contributed by atoms with Crippen molar-refractivity contribution in [3.05, 3.63) is 0 Å². The Kier molecular flexibility index (Phi) is 35.3. The second-order valence-corrected chi connectivity index (χ2v) is 3.52. The molecule has 0 rings (SSSR count). The molecule has 0 aromatic carbocycles. The van der Waals surface area contributed by atoms with Crippen LogP contribution in [0.15, 0.2) is 0 Å². The van der Waals surface area contributed by atoms with E-state index in [2.05, 4.69) is 0 Å². The van der Waals surface area contributed by atoms with E-state index >= 15 is 0 Å². The molecule has 0 saturated carbocycles. The van der Waals surface area contributed by atoms with E-state index in [0.717, 1.165) is 7.11 Å². The fourth-order valence-electron chi connectivity index (χ4n) is 0. The van der Waals surface area contributed by atoms with Crippen molar-refractivity contribution >= 4 is 36.6 Å². The first kappa shape index (κ1) is 9.59. The molecule has 0 atom stereocenters. The molecule has 0 fully saturated rings. The van der Waals surface area contributed by atoms with Gasteiger partial charge in [0.05, 0.1) is 0 Å². The van der Waals surface area contributed by atoms with Crippen molar-refractivity contribution < 1.29 is 5.11 Å². The standard InChI is InChI=1S/CH4O.Cl2Te/c1-2;1-3-2/h2H,1H3;. The minimum absolute atomic E-state index is 0.586. The van der Waals surface area contributed by atoms with E-state index in [1.807, 2.05) is 0 Å². The summed E-state index contributed by atoms with van der Waals surface area (Å²) in [7, 11) is 10.8. The molecule has 0 aliphatic heterocycles. The van der Waals surface area contributed by atoms with E-state index < -0.39 is 18.7 Å². The van der Waals surface area contributed by atoms with Crippen molar-refractivity contribution in [3.8, 4) is 0 Å². The van der Waals surface area contributed by atoms with Gasteiger partial charge in [-0.05, 0) is 0 Å². The van der Waals surface area contributed by atoms with Crippen molar-refractivity contribution in [1.29, 1.82) is 0 Å². The summed E-state index contributed by atoms with van der Waals surface area (Å²) in [5, 5.41) is 7.00. The van der Waals surface area contributed by atoms with Crippen molar-refractivity contribution in [2.45, 2.75) is 0 Å². The zero-order valence-corrected chi connectivity index (χ0v) is 6.45. The van der Waals surface area contributed by atoms with Crippen molar-refractivity contribution in [1.82, 2.24) is 0 Å². The van der Waals surface area contributed by atoms with Gasteiger partial charge in [-0.3, -0.25) is 0 Å². The average Bonchev–Trinajstić information content (AvgIpc) is 1.46. The van der Waals surface area contributed by atoms with Gasteiger partial charge in [0.25, 0.3) is 0 Å². The quantitative estimate of drug-likeness (QED) is 0.605. The topological polar surface area (TPSA) is 20.2 Å². The molecule has 1 N–H and O–H groups in total. The first-order chi connectivity index (χ1) is 2.41. The van der Waals surface area contributed by atoms with Crippen LogP contribution in [0.1, 0.15) is 0 Å². The molecule has 1 nitrogen and oxygen atoms in total. The Balaban J connectivity index is 0. The third-order valence-corrected chi connectivity index (χ3v) is 0.